The van der Waals surface area contributed by atoms with Crippen molar-refractivity contribution in [2.24, 2.45) is 0 Å². The molecule has 1 heterocycles. The van der Waals surface area contributed by atoms with Gasteiger partial charge in [0.1, 0.15) is 5.56 Å². The molecule has 4 nitrogen and oxygen atoms in total. The van der Waals surface area contributed by atoms with E-state index in [0.717, 1.165) is 0 Å². The van der Waals surface area contributed by atoms with Gasteiger partial charge in [0, 0.05) is 17.6 Å². The van der Waals surface area contributed by atoms with E-state index in [0.29, 0.717) is 0 Å². The fourth-order valence-corrected chi connectivity index (χ4v) is 1.68. The summed E-state index contributed by atoms with van der Waals surface area (Å²) in [6, 6.07) is 0.423. The standard InChI is InChI=1S/C11H4F5NO3/c12-6-1-4-8(2-7(6)13)17(11(14,15)16)3-5(9(4)18)10(19)20/h1-3H,(H,19,20). The molecule has 2 aromatic rings. The van der Waals surface area contributed by atoms with Crippen LogP contribution in [-0.2, 0) is 6.30 Å². The van der Waals surface area contributed by atoms with Crippen LogP contribution in [0, 0.1) is 11.6 Å². The molecule has 1 aromatic heterocycles. The summed E-state index contributed by atoms with van der Waals surface area (Å²) < 4.78 is 63.9. The summed E-state index contributed by atoms with van der Waals surface area (Å²) in [7, 11) is 0. The highest BCUT2D eigenvalue weighted by atomic mass is 19.4. The van der Waals surface area contributed by atoms with Crippen LogP contribution < -0.4 is 5.43 Å². The Labute approximate surface area is 106 Å². The van der Waals surface area contributed by atoms with Gasteiger partial charge in [-0.15, -0.1) is 13.2 Å². The highest BCUT2D eigenvalue weighted by Crippen LogP contribution is 2.27. The number of carboxylic acid groups (broad SMARTS) is 1. The molecule has 0 bridgehead atoms. The molecular weight excluding hydrogens is 289 g/mol. The molecule has 0 aliphatic carbocycles. The minimum atomic E-state index is -5.10. The van der Waals surface area contributed by atoms with Crippen LogP contribution in [0.5, 0.6) is 0 Å². The lowest BCUT2D eigenvalue weighted by atomic mass is 10.1. The quantitative estimate of drug-likeness (QED) is 0.822. The molecule has 106 valence electrons. The lowest BCUT2D eigenvalue weighted by molar-refractivity contribution is -0.201. The molecule has 0 amide bonds. The molecule has 0 spiro atoms. The van der Waals surface area contributed by atoms with Gasteiger partial charge in [-0.05, 0) is 6.07 Å². The second-order valence-electron chi connectivity index (χ2n) is 3.80. The summed E-state index contributed by atoms with van der Waals surface area (Å²) in [5, 5.41) is 7.82. The number of hydrogen-bond donors (Lipinski definition) is 1. The number of carbonyl (C=O) groups is 1. The third-order valence-electron chi connectivity index (χ3n) is 2.55. The molecule has 0 saturated heterocycles. The highest BCUT2D eigenvalue weighted by molar-refractivity contribution is 5.92. The van der Waals surface area contributed by atoms with Crippen LogP contribution in [0.25, 0.3) is 10.9 Å². The van der Waals surface area contributed by atoms with Crippen molar-refractivity contribution in [1.29, 1.82) is 0 Å². The minimum Gasteiger partial charge on any atom is -0.477 e. The van der Waals surface area contributed by atoms with Crippen LogP contribution >= 0.6 is 0 Å². The maximum absolute atomic E-state index is 13.0. The normalized spacial score (nSPS) is 11.8. The molecule has 0 aliphatic rings. The first-order valence-corrected chi connectivity index (χ1v) is 4.98. The Morgan fingerprint density at radius 1 is 1.15 bits per heavy atom. The molecule has 20 heavy (non-hydrogen) atoms. The van der Waals surface area contributed by atoms with E-state index in [1.165, 1.54) is 0 Å². The first-order valence-electron chi connectivity index (χ1n) is 4.98. The smallest absolute Gasteiger partial charge is 0.477 e. The van der Waals surface area contributed by atoms with E-state index in [1.807, 2.05) is 0 Å². The van der Waals surface area contributed by atoms with Gasteiger partial charge in [-0.25, -0.2) is 13.6 Å². The fraction of sp³-hybridized carbons (Fsp3) is 0.0909. The van der Waals surface area contributed by atoms with Gasteiger partial charge in [0.25, 0.3) is 0 Å². The zero-order valence-electron chi connectivity index (χ0n) is 9.33. The summed E-state index contributed by atoms with van der Waals surface area (Å²) in [5.41, 5.74) is -3.49. The number of halogens is 5. The molecule has 9 heteroatoms. The number of hydrogen-bond acceptors (Lipinski definition) is 2. The van der Waals surface area contributed by atoms with E-state index in [9.17, 15) is 31.5 Å². The Morgan fingerprint density at radius 2 is 1.70 bits per heavy atom. The van der Waals surface area contributed by atoms with Crippen molar-refractivity contribution >= 4 is 16.9 Å². The van der Waals surface area contributed by atoms with Crippen LogP contribution in [0.1, 0.15) is 10.4 Å². The van der Waals surface area contributed by atoms with E-state index >= 15 is 0 Å². The van der Waals surface area contributed by atoms with E-state index in [1.54, 1.807) is 0 Å². The lowest BCUT2D eigenvalue weighted by Crippen LogP contribution is -2.25. The summed E-state index contributed by atoms with van der Waals surface area (Å²) in [4.78, 5) is 22.4. The Kier molecular flexibility index (Phi) is 2.99. The third kappa shape index (κ3) is 2.10. The average molecular weight is 293 g/mol. The lowest BCUT2D eigenvalue weighted by Gasteiger charge is -2.15. The molecule has 0 radical (unpaired) electrons. The predicted molar refractivity (Wildman–Crippen MR) is 56.4 cm³/mol. The number of fused-ring (bicyclic) bond motifs is 1. The molecule has 0 atom stereocenters. The molecular formula is C11H4F5NO3. The minimum absolute atomic E-state index is 0.0321. The molecule has 0 aliphatic heterocycles. The van der Waals surface area contributed by atoms with Crippen LogP contribution in [0.4, 0.5) is 22.0 Å². The number of aromatic nitrogens is 1. The van der Waals surface area contributed by atoms with Gasteiger partial charge in [-0.1, -0.05) is 0 Å². The van der Waals surface area contributed by atoms with Crippen LogP contribution in [0.2, 0.25) is 0 Å². The molecule has 0 fully saturated rings. The van der Waals surface area contributed by atoms with Crippen LogP contribution in [0.15, 0.2) is 23.1 Å². The van der Waals surface area contributed by atoms with Gasteiger partial charge in [0.15, 0.2) is 11.6 Å². The van der Waals surface area contributed by atoms with Gasteiger partial charge in [-0.2, -0.15) is 0 Å². The fourth-order valence-electron chi connectivity index (χ4n) is 1.68. The topological polar surface area (TPSA) is 59.3 Å². The van der Waals surface area contributed by atoms with Crippen LogP contribution in [-0.4, -0.2) is 15.6 Å². The summed E-state index contributed by atoms with van der Waals surface area (Å²) in [6.45, 7) is 0. The van der Waals surface area contributed by atoms with Crippen molar-refractivity contribution in [1.82, 2.24) is 4.57 Å². The Morgan fingerprint density at radius 3 is 2.20 bits per heavy atom. The van der Waals surface area contributed by atoms with E-state index in [2.05, 4.69) is 0 Å². The Balaban J connectivity index is 3.05. The highest BCUT2D eigenvalue weighted by Gasteiger charge is 2.33. The number of benzene rings is 1. The number of rotatable bonds is 1. The number of nitrogens with zero attached hydrogens (tertiary/aromatic N) is 1. The summed E-state index contributed by atoms with van der Waals surface area (Å²) in [5.74, 6) is -5.04. The number of pyridine rings is 1. The molecule has 2 rings (SSSR count). The van der Waals surface area contributed by atoms with Crippen molar-refractivity contribution < 1.29 is 31.9 Å². The maximum atomic E-state index is 13.0. The van der Waals surface area contributed by atoms with Crippen molar-refractivity contribution in [3.63, 3.8) is 0 Å². The Bertz CT molecular complexity index is 778. The monoisotopic (exact) mass is 293 g/mol. The van der Waals surface area contributed by atoms with Gasteiger partial charge >= 0.3 is 12.3 Å². The first-order chi connectivity index (χ1) is 9.12. The number of aromatic carboxylic acids is 1. The Hall–Kier alpha value is -2.45. The second kappa shape index (κ2) is 4.29. The van der Waals surface area contributed by atoms with E-state index in [-0.39, 0.29) is 18.3 Å². The van der Waals surface area contributed by atoms with Crippen molar-refractivity contribution in [2.45, 2.75) is 6.30 Å². The van der Waals surface area contributed by atoms with E-state index < -0.39 is 50.4 Å². The predicted octanol–water partition coefficient (Wildman–Crippen LogP) is 2.45. The zero-order valence-corrected chi connectivity index (χ0v) is 9.33. The SMILES string of the molecule is O=C(O)c1cn(C(F)(F)F)c2cc(F)c(F)cc2c1=O. The maximum Gasteiger partial charge on any atom is 0.488 e. The number of carboxylic acids is 1. The molecule has 0 unspecified atom stereocenters. The average Bonchev–Trinajstić information content (AvgIpc) is 2.30. The summed E-state index contributed by atoms with van der Waals surface area (Å²) in [6.07, 6.45) is -5.06. The van der Waals surface area contributed by atoms with Crippen LogP contribution in [0.3, 0.4) is 0 Å². The van der Waals surface area contributed by atoms with Crippen molar-refractivity contribution in [3.8, 4) is 0 Å². The van der Waals surface area contributed by atoms with Gasteiger partial charge in [0.2, 0.25) is 5.43 Å². The largest absolute Gasteiger partial charge is 0.488 e. The summed E-state index contributed by atoms with van der Waals surface area (Å²) >= 11 is 0. The molecule has 1 N–H and O–H groups in total. The second-order valence-corrected chi connectivity index (χ2v) is 3.80. The third-order valence-corrected chi connectivity index (χ3v) is 2.55. The molecule has 1 aromatic carbocycles. The first kappa shape index (κ1) is 14.0. The zero-order chi connectivity index (χ0) is 15.2. The number of alkyl halides is 3. The van der Waals surface area contributed by atoms with Crippen molar-refractivity contribution in [3.05, 3.63) is 45.8 Å². The van der Waals surface area contributed by atoms with Gasteiger partial charge < -0.3 is 5.11 Å². The van der Waals surface area contributed by atoms with Crippen molar-refractivity contribution in [2.75, 3.05) is 0 Å². The van der Waals surface area contributed by atoms with Gasteiger partial charge in [-0.3, -0.25) is 9.36 Å². The van der Waals surface area contributed by atoms with Gasteiger partial charge in [0.05, 0.1) is 5.52 Å². The van der Waals surface area contributed by atoms with E-state index in [4.69, 9.17) is 5.11 Å². The molecule has 0 saturated carbocycles.